The van der Waals surface area contributed by atoms with Crippen molar-refractivity contribution in [2.24, 2.45) is 5.73 Å². The molecule has 26 heavy (non-hydrogen) atoms. The van der Waals surface area contributed by atoms with Crippen molar-refractivity contribution in [2.75, 3.05) is 4.90 Å². The van der Waals surface area contributed by atoms with Crippen LogP contribution in [0.25, 0.3) is 21.9 Å². The number of anilines is 2. The van der Waals surface area contributed by atoms with Crippen LogP contribution in [0.4, 0.5) is 11.4 Å². The Morgan fingerprint density at radius 3 is 2.65 bits per heavy atom. The van der Waals surface area contributed by atoms with Crippen LogP contribution in [0.2, 0.25) is 0 Å². The summed E-state index contributed by atoms with van der Waals surface area (Å²) < 4.78 is 1.01. The van der Waals surface area contributed by atoms with Gasteiger partial charge < -0.3 is 10.6 Å². The summed E-state index contributed by atoms with van der Waals surface area (Å²) in [4.78, 5) is 10.8. The monoisotopic (exact) mass is 402 g/mol. The van der Waals surface area contributed by atoms with Crippen molar-refractivity contribution in [1.29, 1.82) is 0 Å². The van der Waals surface area contributed by atoms with Crippen LogP contribution in [-0.4, -0.2) is 9.97 Å². The van der Waals surface area contributed by atoms with Gasteiger partial charge in [0.1, 0.15) is 6.17 Å². The van der Waals surface area contributed by atoms with E-state index < -0.39 is 0 Å². The Morgan fingerprint density at radius 2 is 1.77 bits per heavy atom. The number of hydrogen-bond donors (Lipinski definition) is 1. The molecule has 0 aliphatic carbocycles. The van der Waals surface area contributed by atoms with Crippen molar-refractivity contribution >= 4 is 38.1 Å². The zero-order chi connectivity index (χ0) is 17.7. The Kier molecular flexibility index (Phi) is 3.51. The normalized spacial score (nSPS) is 15.6. The lowest BCUT2D eigenvalue weighted by Crippen LogP contribution is -2.34. The van der Waals surface area contributed by atoms with Crippen molar-refractivity contribution < 1.29 is 0 Å². The van der Waals surface area contributed by atoms with Crippen molar-refractivity contribution in [3.05, 3.63) is 83.4 Å². The molecule has 0 fully saturated rings. The maximum Gasteiger partial charge on any atom is 0.110 e. The summed E-state index contributed by atoms with van der Waals surface area (Å²) in [5.74, 6) is 0. The molecule has 1 aliphatic rings. The van der Waals surface area contributed by atoms with Gasteiger partial charge in [-0.2, -0.15) is 0 Å². The minimum absolute atomic E-state index is 0.327. The highest BCUT2D eigenvalue weighted by Gasteiger charge is 2.31. The van der Waals surface area contributed by atoms with Crippen LogP contribution in [0, 0.1) is 0 Å². The van der Waals surface area contributed by atoms with Crippen LogP contribution in [-0.2, 0) is 0 Å². The standard InChI is InChI=1S/C21H15BrN4/c22-14-2-1-3-15(10-14)26-20-17(5-4-13-6-8-24-11-18(13)20)16-7-9-25-12-19(16)21(26)23/h1-12,21H,23H2. The highest BCUT2D eigenvalue weighted by atomic mass is 79.9. The van der Waals surface area contributed by atoms with Crippen molar-refractivity contribution in [1.82, 2.24) is 9.97 Å². The molecule has 2 N–H and O–H groups in total. The summed E-state index contributed by atoms with van der Waals surface area (Å²) in [5.41, 5.74) is 12.1. The van der Waals surface area contributed by atoms with Gasteiger partial charge in [0.25, 0.3) is 0 Å². The number of halogens is 1. The van der Waals surface area contributed by atoms with Gasteiger partial charge in [0.05, 0.1) is 5.69 Å². The van der Waals surface area contributed by atoms with E-state index >= 15 is 0 Å². The van der Waals surface area contributed by atoms with Gasteiger partial charge in [-0.05, 0) is 41.3 Å². The molecule has 4 nitrogen and oxygen atoms in total. The van der Waals surface area contributed by atoms with E-state index in [1.807, 2.05) is 49.1 Å². The molecule has 3 heterocycles. The first-order valence-corrected chi connectivity index (χ1v) is 9.15. The second kappa shape index (κ2) is 5.90. The Bertz CT molecular complexity index is 1140. The SMILES string of the molecule is NC1c2cnccc2-c2ccc3ccncc3c2N1c1cccc(Br)c1. The molecule has 2 aromatic carbocycles. The molecular formula is C21H15BrN4. The van der Waals surface area contributed by atoms with E-state index in [0.29, 0.717) is 0 Å². The molecule has 2 aromatic heterocycles. The number of benzene rings is 2. The molecule has 5 heteroatoms. The van der Waals surface area contributed by atoms with Crippen molar-refractivity contribution in [3.8, 4) is 11.1 Å². The molecule has 0 bridgehead atoms. The van der Waals surface area contributed by atoms with Gasteiger partial charge in [-0.1, -0.05) is 34.1 Å². The van der Waals surface area contributed by atoms with Crippen LogP contribution in [0.1, 0.15) is 11.7 Å². The van der Waals surface area contributed by atoms with E-state index in [4.69, 9.17) is 5.73 Å². The maximum absolute atomic E-state index is 6.73. The van der Waals surface area contributed by atoms with E-state index in [0.717, 1.165) is 43.3 Å². The molecule has 0 saturated carbocycles. The van der Waals surface area contributed by atoms with Gasteiger partial charge in [-0.15, -0.1) is 0 Å². The predicted molar refractivity (Wildman–Crippen MR) is 108 cm³/mol. The highest BCUT2D eigenvalue weighted by Crippen LogP contribution is 2.49. The zero-order valence-electron chi connectivity index (χ0n) is 13.8. The first-order valence-electron chi connectivity index (χ1n) is 8.35. The largest absolute Gasteiger partial charge is 0.320 e. The molecule has 0 amide bonds. The lowest BCUT2D eigenvalue weighted by atomic mass is 9.90. The average molecular weight is 403 g/mol. The Hall–Kier alpha value is -2.76. The summed E-state index contributed by atoms with van der Waals surface area (Å²) in [5, 5.41) is 2.23. The Balaban J connectivity index is 1.89. The van der Waals surface area contributed by atoms with Crippen LogP contribution in [0.3, 0.4) is 0 Å². The van der Waals surface area contributed by atoms with Crippen LogP contribution >= 0.6 is 15.9 Å². The number of pyridine rings is 2. The third-order valence-electron chi connectivity index (χ3n) is 4.86. The summed E-state index contributed by atoms with van der Waals surface area (Å²) in [6.07, 6.45) is 7.08. The molecule has 0 radical (unpaired) electrons. The van der Waals surface area contributed by atoms with Crippen LogP contribution < -0.4 is 10.6 Å². The molecule has 1 unspecified atom stereocenters. The molecular weight excluding hydrogens is 388 g/mol. The van der Waals surface area contributed by atoms with Crippen LogP contribution in [0.15, 0.2) is 77.8 Å². The number of rotatable bonds is 1. The Labute approximate surface area is 159 Å². The number of nitrogens with two attached hydrogens (primary N) is 1. The van der Waals surface area contributed by atoms with Gasteiger partial charge in [-0.25, -0.2) is 0 Å². The lowest BCUT2D eigenvalue weighted by Gasteiger charge is -2.38. The fourth-order valence-corrected chi connectivity index (χ4v) is 4.09. The van der Waals surface area contributed by atoms with Gasteiger partial charge in [0.2, 0.25) is 0 Å². The third kappa shape index (κ3) is 2.25. The molecule has 5 rings (SSSR count). The van der Waals surface area contributed by atoms with Crippen molar-refractivity contribution in [2.45, 2.75) is 6.17 Å². The summed E-state index contributed by atoms with van der Waals surface area (Å²) in [6.45, 7) is 0. The van der Waals surface area contributed by atoms with Crippen molar-refractivity contribution in [3.63, 3.8) is 0 Å². The van der Waals surface area contributed by atoms with E-state index in [1.54, 1.807) is 0 Å². The fraction of sp³-hybridized carbons (Fsp3) is 0.0476. The first kappa shape index (κ1) is 15.5. The first-order chi connectivity index (χ1) is 12.7. The van der Waals surface area contributed by atoms with E-state index in [9.17, 15) is 0 Å². The maximum atomic E-state index is 6.73. The zero-order valence-corrected chi connectivity index (χ0v) is 15.4. The number of aromatic nitrogens is 2. The third-order valence-corrected chi connectivity index (χ3v) is 5.35. The minimum atomic E-state index is -0.327. The molecule has 0 saturated heterocycles. The second-order valence-corrected chi connectivity index (χ2v) is 7.23. The topological polar surface area (TPSA) is 55.0 Å². The molecule has 1 atom stereocenters. The summed E-state index contributed by atoms with van der Waals surface area (Å²) in [7, 11) is 0. The number of nitrogens with zero attached hydrogens (tertiary/aromatic N) is 3. The van der Waals surface area contributed by atoms with E-state index in [2.05, 4.69) is 55.1 Å². The van der Waals surface area contributed by atoms with Crippen LogP contribution in [0.5, 0.6) is 0 Å². The molecule has 126 valence electrons. The van der Waals surface area contributed by atoms with Gasteiger partial charge >= 0.3 is 0 Å². The highest BCUT2D eigenvalue weighted by molar-refractivity contribution is 9.10. The predicted octanol–water partition coefficient (Wildman–Crippen LogP) is 5.17. The molecule has 4 aromatic rings. The number of hydrogen-bond acceptors (Lipinski definition) is 4. The average Bonchev–Trinajstić information content (AvgIpc) is 2.68. The molecule has 0 spiro atoms. The smallest absolute Gasteiger partial charge is 0.110 e. The van der Waals surface area contributed by atoms with E-state index in [-0.39, 0.29) is 6.17 Å². The number of fused-ring (bicyclic) bond motifs is 5. The van der Waals surface area contributed by atoms with E-state index in [1.165, 1.54) is 0 Å². The summed E-state index contributed by atoms with van der Waals surface area (Å²) >= 11 is 3.58. The quantitative estimate of drug-likeness (QED) is 0.477. The lowest BCUT2D eigenvalue weighted by molar-refractivity contribution is 0.727. The Morgan fingerprint density at radius 1 is 0.923 bits per heavy atom. The summed E-state index contributed by atoms with van der Waals surface area (Å²) in [6, 6.07) is 16.6. The fourth-order valence-electron chi connectivity index (χ4n) is 3.70. The molecule has 1 aliphatic heterocycles. The minimum Gasteiger partial charge on any atom is -0.320 e. The van der Waals surface area contributed by atoms with Gasteiger partial charge in [0.15, 0.2) is 0 Å². The van der Waals surface area contributed by atoms with Gasteiger partial charge in [-0.3, -0.25) is 9.97 Å². The van der Waals surface area contributed by atoms with Gasteiger partial charge in [0, 0.05) is 51.5 Å². The second-order valence-electron chi connectivity index (χ2n) is 6.32.